The zero-order valence-corrected chi connectivity index (χ0v) is 18.3. The molecule has 6 heteroatoms. The Hall–Kier alpha value is -2.18. The largest absolute Gasteiger partial charge is 0.352 e. The van der Waals surface area contributed by atoms with Crippen molar-refractivity contribution in [1.29, 1.82) is 0 Å². The topological polar surface area (TPSA) is 66.5 Å². The first-order valence-corrected chi connectivity index (χ1v) is 12.4. The first-order valence-electron chi connectivity index (χ1n) is 10.9. The summed E-state index contributed by atoms with van der Waals surface area (Å²) in [7, 11) is -3.75. The molecule has 1 fully saturated rings. The maximum absolute atomic E-state index is 13.2. The SMILES string of the molecule is O=C(CN(CCc1ccccc1)S(=O)(=O)c1ccccc1)NC1CCCCCCC1. The van der Waals surface area contributed by atoms with Crippen LogP contribution in [0.15, 0.2) is 65.6 Å². The average molecular weight is 429 g/mol. The van der Waals surface area contributed by atoms with Crippen LogP contribution in [0.5, 0.6) is 0 Å². The second-order valence-corrected chi connectivity index (χ2v) is 9.93. The van der Waals surface area contributed by atoms with Crippen LogP contribution in [0, 0.1) is 0 Å². The van der Waals surface area contributed by atoms with Crippen molar-refractivity contribution in [2.24, 2.45) is 0 Å². The van der Waals surface area contributed by atoms with Gasteiger partial charge in [0.05, 0.1) is 11.4 Å². The maximum atomic E-state index is 13.2. The molecule has 1 amide bonds. The Labute approximate surface area is 180 Å². The van der Waals surface area contributed by atoms with Crippen molar-refractivity contribution in [2.45, 2.75) is 62.3 Å². The zero-order valence-electron chi connectivity index (χ0n) is 17.5. The number of nitrogens with zero attached hydrogens (tertiary/aromatic N) is 1. The lowest BCUT2D eigenvalue weighted by molar-refractivity contribution is -0.122. The van der Waals surface area contributed by atoms with E-state index in [0.717, 1.165) is 31.2 Å². The predicted octanol–water partition coefficient (Wildman–Crippen LogP) is 4.15. The van der Waals surface area contributed by atoms with E-state index in [0.29, 0.717) is 6.42 Å². The number of amides is 1. The normalized spacial score (nSPS) is 16.0. The van der Waals surface area contributed by atoms with Gasteiger partial charge in [0.25, 0.3) is 0 Å². The molecule has 0 aromatic heterocycles. The third kappa shape index (κ3) is 6.67. The molecule has 1 N–H and O–H groups in total. The van der Waals surface area contributed by atoms with E-state index in [1.54, 1.807) is 30.3 Å². The summed E-state index contributed by atoms with van der Waals surface area (Å²) in [5.74, 6) is -0.215. The molecule has 0 atom stereocenters. The number of benzene rings is 2. The van der Waals surface area contributed by atoms with E-state index in [4.69, 9.17) is 0 Å². The summed E-state index contributed by atoms with van der Waals surface area (Å²) in [6, 6.07) is 18.3. The van der Waals surface area contributed by atoms with E-state index >= 15 is 0 Å². The average Bonchev–Trinajstić information content (AvgIpc) is 2.74. The van der Waals surface area contributed by atoms with Crippen LogP contribution in [-0.4, -0.2) is 37.8 Å². The van der Waals surface area contributed by atoms with Gasteiger partial charge < -0.3 is 5.32 Å². The Balaban J connectivity index is 1.70. The van der Waals surface area contributed by atoms with Crippen LogP contribution >= 0.6 is 0 Å². The molecular weight excluding hydrogens is 396 g/mol. The highest BCUT2D eigenvalue weighted by atomic mass is 32.2. The van der Waals surface area contributed by atoms with Gasteiger partial charge in [0, 0.05) is 12.6 Å². The number of nitrogens with one attached hydrogen (secondary N) is 1. The van der Waals surface area contributed by atoms with Crippen LogP contribution in [-0.2, 0) is 21.2 Å². The quantitative estimate of drug-likeness (QED) is 0.687. The van der Waals surface area contributed by atoms with Gasteiger partial charge in [0.1, 0.15) is 0 Å². The lowest BCUT2D eigenvalue weighted by Crippen LogP contribution is -2.45. The van der Waals surface area contributed by atoms with E-state index < -0.39 is 10.0 Å². The second kappa shape index (κ2) is 11.3. The van der Waals surface area contributed by atoms with E-state index in [9.17, 15) is 13.2 Å². The lowest BCUT2D eigenvalue weighted by Gasteiger charge is -2.25. The van der Waals surface area contributed by atoms with Crippen molar-refractivity contribution in [3.63, 3.8) is 0 Å². The second-order valence-electron chi connectivity index (χ2n) is 8.00. The lowest BCUT2D eigenvalue weighted by atomic mass is 9.97. The van der Waals surface area contributed by atoms with Crippen LogP contribution in [0.25, 0.3) is 0 Å². The van der Waals surface area contributed by atoms with Crippen molar-refractivity contribution < 1.29 is 13.2 Å². The Morgan fingerprint density at radius 2 is 1.43 bits per heavy atom. The van der Waals surface area contributed by atoms with E-state index in [1.807, 2.05) is 30.3 Å². The summed E-state index contributed by atoms with van der Waals surface area (Å²) in [4.78, 5) is 13.0. The minimum absolute atomic E-state index is 0.146. The van der Waals surface area contributed by atoms with Gasteiger partial charge in [-0.3, -0.25) is 4.79 Å². The highest BCUT2D eigenvalue weighted by Gasteiger charge is 2.27. The monoisotopic (exact) mass is 428 g/mol. The zero-order chi connectivity index (χ0) is 21.2. The van der Waals surface area contributed by atoms with Crippen molar-refractivity contribution in [3.8, 4) is 0 Å². The van der Waals surface area contributed by atoms with Crippen LogP contribution < -0.4 is 5.32 Å². The van der Waals surface area contributed by atoms with Crippen molar-refractivity contribution in [2.75, 3.05) is 13.1 Å². The highest BCUT2D eigenvalue weighted by Crippen LogP contribution is 2.18. The minimum atomic E-state index is -3.75. The number of carbonyl (C=O) groups excluding carboxylic acids is 1. The summed E-state index contributed by atoms with van der Waals surface area (Å²) in [5, 5.41) is 3.09. The third-order valence-corrected chi connectivity index (χ3v) is 7.52. The van der Waals surface area contributed by atoms with Crippen LogP contribution in [0.1, 0.15) is 50.5 Å². The molecule has 0 aliphatic heterocycles. The fourth-order valence-corrected chi connectivity index (χ4v) is 5.38. The molecule has 30 heavy (non-hydrogen) atoms. The smallest absolute Gasteiger partial charge is 0.243 e. The molecule has 3 rings (SSSR count). The summed E-state index contributed by atoms with van der Waals surface area (Å²) < 4.78 is 27.8. The molecular formula is C24H32N2O3S. The third-order valence-electron chi connectivity index (χ3n) is 5.66. The standard InChI is InChI=1S/C24H32N2O3S/c27-24(25-22-14-8-2-1-3-9-15-22)20-26(19-18-21-12-6-4-7-13-21)30(28,29)23-16-10-5-11-17-23/h4-7,10-13,16-17,22H,1-3,8-9,14-15,18-20H2,(H,25,27). The summed E-state index contributed by atoms with van der Waals surface area (Å²) in [5.41, 5.74) is 1.05. The Morgan fingerprint density at radius 1 is 0.867 bits per heavy atom. The molecule has 2 aromatic rings. The number of sulfonamides is 1. The first-order chi connectivity index (χ1) is 14.6. The maximum Gasteiger partial charge on any atom is 0.243 e. The predicted molar refractivity (Wildman–Crippen MR) is 120 cm³/mol. The van der Waals surface area contributed by atoms with Gasteiger partial charge in [-0.05, 0) is 37.0 Å². The summed E-state index contributed by atoms with van der Waals surface area (Å²) >= 11 is 0. The van der Waals surface area contributed by atoms with Crippen LogP contribution in [0.4, 0.5) is 0 Å². The molecule has 5 nitrogen and oxygen atoms in total. The van der Waals surface area contributed by atoms with Crippen LogP contribution in [0.3, 0.4) is 0 Å². The molecule has 162 valence electrons. The Kier molecular flexibility index (Phi) is 8.46. The Bertz CT molecular complexity index is 877. The van der Waals surface area contributed by atoms with E-state index in [1.165, 1.54) is 23.6 Å². The minimum Gasteiger partial charge on any atom is -0.352 e. The molecule has 0 saturated heterocycles. The number of carbonyl (C=O) groups is 1. The molecule has 2 aromatic carbocycles. The van der Waals surface area contributed by atoms with Gasteiger partial charge in [-0.1, -0.05) is 80.6 Å². The fraction of sp³-hybridized carbons (Fsp3) is 0.458. The first kappa shape index (κ1) is 22.5. The van der Waals surface area contributed by atoms with E-state index in [-0.39, 0.29) is 29.9 Å². The molecule has 1 aliphatic carbocycles. The molecule has 0 bridgehead atoms. The molecule has 1 aliphatic rings. The van der Waals surface area contributed by atoms with Gasteiger partial charge in [0.15, 0.2) is 0 Å². The molecule has 1 saturated carbocycles. The van der Waals surface area contributed by atoms with Crippen LogP contribution in [0.2, 0.25) is 0 Å². The number of hydrogen-bond donors (Lipinski definition) is 1. The van der Waals surface area contributed by atoms with Crippen molar-refractivity contribution in [1.82, 2.24) is 9.62 Å². The van der Waals surface area contributed by atoms with Gasteiger partial charge >= 0.3 is 0 Å². The van der Waals surface area contributed by atoms with Gasteiger partial charge in [-0.15, -0.1) is 0 Å². The highest BCUT2D eigenvalue weighted by molar-refractivity contribution is 7.89. The molecule has 0 heterocycles. The van der Waals surface area contributed by atoms with Gasteiger partial charge in [0.2, 0.25) is 15.9 Å². The summed E-state index contributed by atoms with van der Waals surface area (Å²) in [6.45, 7) is 0.111. The molecule has 0 spiro atoms. The van der Waals surface area contributed by atoms with Gasteiger partial charge in [-0.25, -0.2) is 8.42 Å². The number of hydrogen-bond acceptors (Lipinski definition) is 3. The van der Waals surface area contributed by atoms with Gasteiger partial charge in [-0.2, -0.15) is 4.31 Å². The molecule has 0 radical (unpaired) electrons. The van der Waals surface area contributed by atoms with E-state index in [2.05, 4.69) is 5.32 Å². The summed E-state index contributed by atoms with van der Waals surface area (Å²) in [6.07, 6.45) is 8.42. The Morgan fingerprint density at radius 3 is 2.07 bits per heavy atom. The fourth-order valence-electron chi connectivity index (χ4n) is 3.96. The van der Waals surface area contributed by atoms with Crippen molar-refractivity contribution in [3.05, 3.63) is 66.2 Å². The van der Waals surface area contributed by atoms with Crippen molar-refractivity contribution >= 4 is 15.9 Å². The number of rotatable bonds is 8. The molecule has 0 unspecified atom stereocenters.